The second-order valence-electron chi connectivity index (χ2n) is 5.44. The lowest BCUT2D eigenvalue weighted by Crippen LogP contribution is -2.11. The number of allylic oxidation sites excluding steroid dienone is 3. The molecule has 0 aliphatic heterocycles. The molecule has 0 aromatic heterocycles. The number of hydrogen-bond acceptors (Lipinski definition) is 1. The number of rotatable bonds is 9. The Labute approximate surface area is 132 Å². The second-order valence-corrected chi connectivity index (χ2v) is 5.44. The molecular formula is C19H36FN. The Morgan fingerprint density at radius 1 is 1.24 bits per heavy atom. The minimum Gasteiger partial charge on any atom is -0.259 e. The van der Waals surface area contributed by atoms with Crippen LogP contribution in [0.5, 0.6) is 0 Å². The van der Waals surface area contributed by atoms with Crippen LogP contribution in [0.1, 0.15) is 80.6 Å². The van der Waals surface area contributed by atoms with E-state index in [1.807, 2.05) is 20.8 Å². The first kappa shape index (κ1) is 22.4. The lowest BCUT2D eigenvalue weighted by molar-refractivity contribution is 0.321. The van der Waals surface area contributed by atoms with Gasteiger partial charge in [-0.15, -0.1) is 0 Å². The highest BCUT2D eigenvalue weighted by atomic mass is 19.1. The molecule has 0 fully saturated rings. The Morgan fingerprint density at radius 2 is 1.81 bits per heavy atom. The quantitative estimate of drug-likeness (QED) is 0.402. The zero-order chi connectivity index (χ0) is 16.8. The van der Waals surface area contributed by atoms with Crippen molar-refractivity contribution in [1.29, 1.82) is 0 Å². The van der Waals surface area contributed by atoms with Crippen LogP contribution in [0.4, 0.5) is 4.39 Å². The monoisotopic (exact) mass is 297 g/mol. The van der Waals surface area contributed by atoms with E-state index in [0.29, 0.717) is 11.8 Å². The van der Waals surface area contributed by atoms with E-state index in [1.165, 1.54) is 25.5 Å². The molecule has 0 bridgehead atoms. The van der Waals surface area contributed by atoms with Crippen LogP contribution in [-0.4, -0.2) is 6.21 Å². The molecule has 0 aliphatic carbocycles. The maximum Gasteiger partial charge on any atom is 0.140 e. The van der Waals surface area contributed by atoms with Crippen LogP contribution in [0.25, 0.3) is 0 Å². The topological polar surface area (TPSA) is 12.4 Å². The van der Waals surface area contributed by atoms with Gasteiger partial charge in [0.25, 0.3) is 0 Å². The standard InChI is InChI=1S/C17H30FN.C2H6/c1-7-10-16(13(4)8-2)11-15(6)19-12-17(18)14(5)9-3;1-2/h12-13,16H,6-11H2,1-5H3;1-2H3/b17-14-,19-12?;. The van der Waals surface area contributed by atoms with Crippen LogP contribution < -0.4 is 0 Å². The lowest BCUT2D eigenvalue weighted by Gasteiger charge is -2.22. The van der Waals surface area contributed by atoms with Gasteiger partial charge in [-0.3, -0.25) is 4.99 Å². The zero-order valence-electron chi connectivity index (χ0n) is 15.3. The normalized spacial score (nSPS) is 15.0. The average molecular weight is 298 g/mol. The number of nitrogens with zero attached hydrogens (tertiary/aromatic N) is 1. The van der Waals surface area contributed by atoms with E-state index in [2.05, 4.69) is 32.3 Å². The summed E-state index contributed by atoms with van der Waals surface area (Å²) in [5, 5.41) is 0. The summed E-state index contributed by atoms with van der Waals surface area (Å²) in [6.07, 6.45) is 6.45. The maximum absolute atomic E-state index is 13.6. The van der Waals surface area contributed by atoms with Gasteiger partial charge >= 0.3 is 0 Å². The molecule has 0 saturated carbocycles. The summed E-state index contributed by atoms with van der Waals surface area (Å²) >= 11 is 0. The molecule has 2 heteroatoms. The Bertz CT molecular complexity index is 328. The van der Waals surface area contributed by atoms with Gasteiger partial charge in [0.15, 0.2) is 0 Å². The summed E-state index contributed by atoms with van der Waals surface area (Å²) in [6, 6.07) is 0. The molecule has 0 amide bonds. The minimum absolute atomic E-state index is 0.223. The van der Waals surface area contributed by atoms with E-state index < -0.39 is 0 Å². The van der Waals surface area contributed by atoms with E-state index in [0.717, 1.165) is 24.1 Å². The van der Waals surface area contributed by atoms with Gasteiger partial charge in [-0.25, -0.2) is 4.39 Å². The molecule has 0 N–H and O–H groups in total. The number of hydrogen-bond donors (Lipinski definition) is 0. The molecule has 2 atom stereocenters. The van der Waals surface area contributed by atoms with Crippen LogP contribution in [0.3, 0.4) is 0 Å². The molecule has 0 aliphatic rings. The van der Waals surface area contributed by atoms with Gasteiger partial charge in [0.05, 0.1) is 6.21 Å². The minimum atomic E-state index is -0.223. The third-order valence-corrected chi connectivity index (χ3v) is 3.90. The Hall–Kier alpha value is -0.920. The van der Waals surface area contributed by atoms with Crippen LogP contribution >= 0.6 is 0 Å². The summed E-state index contributed by atoms with van der Waals surface area (Å²) in [6.45, 7) is 18.4. The van der Waals surface area contributed by atoms with Crippen molar-refractivity contribution in [1.82, 2.24) is 0 Å². The highest BCUT2D eigenvalue weighted by molar-refractivity contribution is 5.77. The maximum atomic E-state index is 13.6. The molecule has 0 rings (SSSR count). The molecule has 2 unspecified atom stereocenters. The van der Waals surface area contributed by atoms with Gasteiger partial charge in [0.2, 0.25) is 0 Å². The third-order valence-electron chi connectivity index (χ3n) is 3.90. The SMILES string of the molecule is C=C(CC(CCC)C(C)CC)N=C/C(F)=C(\C)CC.CC. The molecule has 21 heavy (non-hydrogen) atoms. The van der Waals surface area contributed by atoms with Crippen molar-refractivity contribution in [3.63, 3.8) is 0 Å². The van der Waals surface area contributed by atoms with E-state index in [9.17, 15) is 4.39 Å². The Balaban J connectivity index is 0. The molecule has 1 nitrogen and oxygen atoms in total. The fourth-order valence-corrected chi connectivity index (χ4v) is 2.07. The fourth-order valence-electron chi connectivity index (χ4n) is 2.07. The first-order chi connectivity index (χ1) is 9.96. The van der Waals surface area contributed by atoms with Gasteiger partial charge in [0, 0.05) is 5.70 Å². The molecule has 124 valence electrons. The van der Waals surface area contributed by atoms with Gasteiger partial charge < -0.3 is 0 Å². The predicted octanol–water partition coefficient (Wildman–Crippen LogP) is 7.10. The average Bonchev–Trinajstić information content (AvgIpc) is 2.52. The van der Waals surface area contributed by atoms with E-state index in [1.54, 1.807) is 6.92 Å². The number of aliphatic imine (C=N–C) groups is 1. The highest BCUT2D eigenvalue weighted by Crippen LogP contribution is 2.27. The van der Waals surface area contributed by atoms with Crippen LogP contribution in [0, 0.1) is 11.8 Å². The van der Waals surface area contributed by atoms with E-state index >= 15 is 0 Å². The smallest absolute Gasteiger partial charge is 0.140 e. The second kappa shape index (κ2) is 14.0. The number of halogens is 1. The summed E-state index contributed by atoms with van der Waals surface area (Å²) in [5.74, 6) is 1.06. The van der Waals surface area contributed by atoms with Gasteiger partial charge in [-0.2, -0.15) is 0 Å². The van der Waals surface area contributed by atoms with Crippen molar-refractivity contribution in [3.05, 3.63) is 23.7 Å². The summed E-state index contributed by atoms with van der Waals surface area (Å²) in [7, 11) is 0. The molecule has 0 spiro atoms. The van der Waals surface area contributed by atoms with Crippen molar-refractivity contribution in [2.24, 2.45) is 16.8 Å². The lowest BCUT2D eigenvalue weighted by atomic mass is 9.85. The van der Waals surface area contributed by atoms with E-state index in [-0.39, 0.29) is 5.83 Å². The Morgan fingerprint density at radius 3 is 2.24 bits per heavy atom. The summed E-state index contributed by atoms with van der Waals surface area (Å²) in [5.41, 5.74) is 1.53. The fraction of sp³-hybridized carbons (Fsp3) is 0.737. The molecular weight excluding hydrogens is 261 g/mol. The molecule has 0 heterocycles. The summed E-state index contributed by atoms with van der Waals surface area (Å²) < 4.78 is 13.6. The molecule has 0 aromatic carbocycles. The first-order valence-corrected chi connectivity index (χ1v) is 8.53. The first-order valence-electron chi connectivity index (χ1n) is 8.53. The van der Waals surface area contributed by atoms with Crippen molar-refractivity contribution >= 4 is 6.21 Å². The van der Waals surface area contributed by atoms with Gasteiger partial charge in [-0.1, -0.05) is 67.4 Å². The summed E-state index contributed by atoms with van der Waals surface area (Å²) in [4.78, 5) is 4.18. The van der Waals surface area contributed by atoms with Crippen LogP contribution in [0.15, 0.2) is 28.7 Å². The van der Waals surface area contributed by atoms with E-state index in [4.69, 9.17) is 0 Å². The van der Waals surface area contributed by atoms with Crippen LogP contribution in [0.2, 0.25) is 0 Å². The molecule has 0 aromatic rings. The molecule has 0 saturated heterocycles. The van der Waals surface area contributed by atoms with Gasteiger partial charge in [-0.05, 0) is 37.2 Å². The van der Waals surface area contributed by atoms with Crippen molar-refractivity contribution in [3.8, 4) is 0 Å². The largest absolute Gasteiger partial charge is 0.259 e. The predicted molar refractivity (Wildman–Crippen MR) is 95.5 cm³/mol. The molecule has 0 radical (unpaired) electrons. The Kier molecular flexibility index (Phi) is 14.9. The van der Waals surface area contributed by atoms with Crippen LogP contribution in [-0.2, 0) is 0 Å². The van der Waals surface area contributed by atoms with Crippen molar-refractivity contribution in [2.75, 3.05) is 0 Å². The van der Waals surface area contributed by atoms with Gasteiger partial charge in [0.1, 0.15) is 5.83 Å². The van der Waals surface area contributed by atoms with Crippen molar-refractivity contribution in [2.45, 2.75) is 80.6 Å². The highest BCUT2D eigenvalue weighted by Gasteiger charge is 2.15. The zero-order valence-corrected chi connectivity index (χ0v) is 15.3. The van der Waals surface area contributed by atoms with Crippen molar-refractivity contribution < 1.29 is 4.39 Å². The third kappa shape index (κ3) is 10.4.